The SMILES string of the molecule is Clc1ccc(CNCC2CC23CCNCC3)s1. The van der Waals surface area contributed by atoms with Crippen LogP contribution in [0.4, 0.5) is 0 Å². The minimum Gasteiger partial charge on any atom is -0.317 e. The van der Waals surface area contributed by atoms with Gasteiger partial charge in [0.15, 0.2) is 0 Å². The minimum absolute atomic E-state index is 0.700. The van der Waals surface area contributed by atoms with Crippen LogP contribution in [0.3, 0.4) is 0 Å². The number of nitrogens with one attached hydrogen (secondary N) is 2. The lowest BCUT2D eigenvalue weighted by Gasteiger charge is -2.23. The summed E-state index contributed by atoms with van der Waals surface area (Å²) < 4.78 is 0.892. The van der Waals surface area contributed by atoms with Crippen LogP contribution in [0, 0.1) is 11.3 Å². The van der Waals surface area contributed by atoms with Crippen LogP contribution in [-0.2, 0) is 6.54 Å². The average molecular weight is 271 g/mol. The van der Waals surface area contributed by atoms with Crippen molar-refractivity contribution in [1.82, 2.24) is 10.6 Å². The summed E-state index contributed by atoms with van der Waals surface area (Å²) in [6.45, 7) is 4.59. The van der Waals surface area contributed by atoms with Crippen LogP contribution in [0.5, 0.6) is 0 Å². The highest BCUT2D eigenvalue weighted by atomic mass is 35.5. The van der Waals surface area contributed by atoms with E-state index in [1.54, 1.807) is 11.3 Å². The third kappa shape index (κ3) is 2.68. The molecule has 1 saturated carbocycles. The second kappa shape index (κ2) is 4.88. The van der Waals surface area contributed by atoms with Crippen molar-refractivity contribution in [2.45, 2.75) is 25.8 Å². The van der Waals surface area contributed by atoms with Crippen LogP contribution in [-0.4, -0.2) is 19.6 Å². The molecule has 0 radical (unpaired) electrons. The van der Waals surface area contributed by atoms with Crippen LogP contribution >= 0.6 is 22.9 Å². The number of hydrogen-bond donors (Lipinski definition) is 2. The van der Waals surface area contributed by atoms with E-state index >= 15 is 0 Å². The first-order valence-corrected chi connectivity index (χ1v) is 7.64. The number of rotatable bonds is 4. The van der Waals surface area contributed by atoms with Gasteiger partial charge in [-0.3, -0.25) is 0 Å². The van der Waals surface area contributed by atoms with Gasteiger partial charge in [0.05, 0.1) is 4.34 Å². The molecule has 0 aromatic carbocycles. The maximum absolute atomic E-state index is 5.91. The molecule has 2 fully saturated rings. The molecule has 1 aromatic heterocycles. The first-order chi connectivity index (χ1) is 8.28. The van der Waals surface area contributed by atoms with Crippen LogP contribution in [0.1, 0.15) is 24.1 Å². The molecule has 0 bridgehead atoms. The summed E-state index contributed by atoms with van der Waals surface area (Å²) in [4.78, 5) is 1.34. The summed E-state index contributed by atoms with van der Waals surface area (Å²) in [5.41, 5.74) is 0.700. The Labute approximate surface area is 112 Å². The van der Waals surface area contributed by atoms with Gasteiger partial charge in [-0.15, -0.1) is 11.3 Å². The molecule has 1 aliphatic carbocycles. The highest BCUT2D eigenvalue weighted by Crippen LogP contribution is 2.58. The Hall–Kier alpha value is -0.0900. The Balaban J connectivity index is 1.41. The van der Waals surface area contributed by atoms with Gasteiger partial charge in [-0.05, 0) is 62.4 Å². The molecule has 1 aliphatic heterocycles. The summed E-state index contributed by atoms with van der Waals surface area (Å²) in [5.74, 6) is 0.917. The third-order valence-electron chi connectivity index (χ3n) is 4.28. The Morgan fingerprint density at radius 3 is 2.94 bits per heavy atom. The van der Waals surface area contributed by atoms with E-state index in [0.29, 0.717) is 5.41 Å². The van der Waals surface area contributed by atoms with Gasteiger partial charge in [0.2, 0.25) is 0 Å². The van der Waals surface area contributed by atoms with Crippen LogP contribution in [0.25, 0.3) is 0 Å². The quantitative estimate of drug-likeness (QED) is 0.879. The largest absolute Gasteiger partial charge is 0.317 e. The van der Waals surface area contributed by atoms with E-state index in [1.165, 1.54) is 43.8 Å². The smallest absolute Gasteiger partial charge is 0.0931 e. The summed E-state index contributed by atoms with van der Waals surface area (Å²) in [7, 11) is 0. The second-order valence-corrected chi connectivity index (χ2v) is 7.15. The number of thiophene rings is 1. The summed E-state index contributed by atoms with van der Waals surface area (Å²) in [6.07, 6.45) is 4.20. The first-order valence-electron chi connectivity index (χ1n) is 6.44. The van der Waals surface area contributed by atoms with Crippen molar-refractivity contribution in [1.29, 1.82) is 0 Å². The van der Waals surface area contributed by atoms with E-state index in [-0.39, 0.29) is 0 Å². The summed E-state index contributed by atoms with van der Waals surface area (Å²) in [5, 5.41) is 7.03. The van der Waals surface area contributed by atoms with E-state index in [9.17, 15) is 0 Å². The van der Waals surface area contributed by atoms with E-state index in [0.717, 1.165) is 16.8 Å². The van der Waals surface area contributed by atoms with Gasteiger partial charge >= 0.3 is 0 Å². The highest BCUT2D eigenvalue weighted by molar-refractivity contribution is 7.16. The molecule has 1 saturated heterocycles. The molecule has 1 aromatic rings. The monoisotopic (exact) mass is 270 g/mol. The summed E-state index contributed by atoms with van der Waals surface area (Å²) in [6, 6.07) is 4.10. The van der Waals surface area contributed by atoms with Crippen molar-refractivity contribution >= 4 is 22.9 Å². The van der Waals surface area contributed by atoms with Gasteiger partial charge in [-0.2, -0.15) is 0 Å². The third-order valence-corrected chi connectivity index (χ3v) is 5.51. The molecule has 0 amide bonds. The molecule has 2 N–H and O–H groups in total. The Morgan fingerprint density at radius 1 is 1.41 bits per heavy atom. The molecule has 4 heteroatoms. The Kier molecular flexibility index (Phi) is 3.44. The predicted octanol–water partition coefficient (Wildman–Crippen LogP) is 2.88. The molecule has 94 valence electrons. The molecule has 1 atom stereocenters. The fraction of sp³-hybridized carbons (Fsp3) is 0.692. The van der Waals surface area contributed by atoms with Gasteiger partial charge in [-0.25, -0.2) is 0 Å². The van der Waals surface area contributed by atoms with Crippen molar-refractivity contribution in [2.75, 3.05) is 19.6 Å². The Bertz CT molecular complexity index is 385. The zero-order valence-electron chi connectivity index (χ0n) is 9.97. The Morgan fingerprint density at radius 2 is 2.24 bits per heavy atom. The number of piperidine rings is 1. The van der Waals surface area contributed by atoms with Crippen molar-refractivity contribution in [3.63, 3.8) is 0 Å². The van der Waals surface area contributed by atoms with Crippen LogP contribution in [0.2, 0.25) is 4.34 Å². The van der Waals surface area contributed by atoms with Gasteiger partial charge < -0.3 is 10.6 Å². The van der Waals surface area contributed by atoms with Gasteiger partial charge in [0, 0.05) is 11.4 Å². The van der Waals surface area contributed by atoms with Gasteiger partial charge in [0.1, 0.15) is 0 Å². The number of hydrogen-bond acceptors (Lipinski definition) is 3. The lowest BCUT2D eigenvalue weighted by Crippen LogP contribution is -2.31. The lowest BCUT2D eigenvalue weighted by molar-refractivity contribution is 0.319. The van der Waals surface area contributed by atoms with Crippen molar-refractivity contribution < 1.29 is 0 Å². The molecule has 2 aliphatic rings. The molecule has 3 rings (SSSR count). The van der Waals surface area contributed by atoms with Crippen LogP contribution < -0.4 is 10.6 Å². The van der Waals surface area contributed by atoms with Crippen molar-refractivity contribution in [3.05, 3.63) is 21.3 Å². The minimum atomic E-state index is 0.700. The molecular formula is C13H19ClN2S. The predicted molar refractivity (Wildman–Crippen MR) is 73.7 cm³/mol. The van der Waals surface area contributed by atoms with E-state index in [4.69, 9.17) is 11.6 Å². The standard InChI is InChI=1S/C13H19ClN2S/c14-12-2-1-11(17-12)9-16-8-10-7-13(10)3-5-15-6-4-13/h1-2,10,15-16H,3-9H2. The molecule has 1 unspecified atom stereocenters. The molecule has 17 heavy (non-hydrogen) atoms. The topological polar surface area (TPSA) is 24.1 Å². The molecular weight excluding hydrogens is 252 g/mol. The fourth-order valence-electron chi connectivity index (χ4n) is 3.07. The van der Waals surface area contributed by atoms with Gasteiger partial charge in [-0.1, -0.05) is 11.6 Å². The van der Waals surface area contributed by atoms with E-state index in [1.807, 2.05) is 6.07 Å². The maximum atomic E-state index is 5.91. The lowest BCUT2D eigenvalue weighted by atomic mass is 9.92. The molecule has 1 spiro atoms. The van der Waals surface area contributed by atoms with E-state index < -0.39 is 0 Å². The average Bonchev–Trinajstić information content (AvgIpc) is 2.80. The maximum Gasteiger partial charge on any atom is 0.0931 e. The highest BCUT2D eigenvalue weighted by Gasteiger charge is 2.52. The fourth-order valence-corrected chi connectivity index (χ4v) is 4.13. The second-order valence-electron chi connectivity index (χ2n) is 5.35. The first kappa shape index (κ1) is 12.0. The van der Waals surface area contributed by atoms with Gasteiger partial charge in [0.25, 0.3) is 0 Å². The number of halogens is 1. The van der Waals surface area contributed by atoms with Crippen LogP contribution in [0.15, 0.2) is 12.1 Å². The van der Waals surface area contributed by atoms with Crippen molar-refractivity contribution in [2.24, 2.45) is 11.3 Å². The van der Waals surface area contributed by atoms with E-state index in [2.05, 4.69) is 16.7 Å². The molecule has 2 heterocycles. The summed E-state index contributed by atoms with van der Waals surface area (Å²) >= 11 is 7.59. The van der Waals surface area contributed by atoms with Crippen molar-refractivity contribution in [3.8, 4) is 0 Å². The normalized spacial score (nSPS) is 26.3. The zero-order valence-corrected chi connectivity index (χ0v) is 11.5. The zero-order chi connectivity index (χ0) is 11.7. The molecule has 2 nitrogen and oxygen atoms in total.